The van der Waals surface area contributed by atoms with E-state index in [0.29, 0.717) is 29.3 Å². The van der Waals surface area contributed by atoms with Crippen LogP contribution in [0.15, 0.2) is 18.2 Å². The van der Waals surface area contributed by atoms with Crippen LogP contribution in [-0.4, -0.2) is 59.9 Å². The highest BCUT2D eigenvalue weighted by atomic mass is 35.5. The van der Waals surface area contributed by atoms with E-state index < -0.39 is 17.4 Å². The van der Waals surface area contributed by atoms with Gasteiger partial charge in [-0.25, -0.2) is 0 Å². The Morgan fingerprint density at radius 2 is 2.13 bits per heavy atom. The maximum atomic E-state index is 13.6. The predicted octanol–water partition coefficient (Wildman–Crippen LogP) is 1.99. The summed E-state index contributed by atoms with van der Waals surface area (Å²) in [5, 5.41) is 6.72. The molecule has 160 valence electrons. The second kappa shape index (κ2) is 7.51. The van der Waals surface area contributed by atoms with Crippen LogP contribution < -0.4 is 10.6 Å². The van der Waals surface area contributed by atoms with Crippen LogP contribution in [0.2, 0.25) is 5.02 Å². The number of amides is 3. The van der Waals surface area contributed by atoms with Gasteiger partial charge in [0.25, 0.3) is 0 Å². The van der Waals surface area contributed by atoms with Crippen molar-refractivity contribution in [3.8, 4) is 0 Å². The minimum Gasteiger partial charge on any atom is -0.376 e. The largest absolute Gasteiger partial charge is 0.376 e. The summed E-state index contributed by atoms with van der Waals surface area (Å²) < 4.78 is 5.67. The summed E-state index contributed by atoms with van der Waals surface area (Å²) in [6.07, 6.45) is 4.35. The molecule has 0 unspecified atom stereocenters. The van der Waals surface area contributed by atoms with Crippen LogP contribution in [0.25, 0.3) is 0 Å². The van der Waals surface area contributed by atoms with Gasteiger partial charge >= 0.3 is 0 Å². The van der Waals surface area contributed by atoms with E-state index in [1.807, 2.05) is 12.3 Å². The van der Waals surface area contributed by atoms with Crippen molar-refractivity contribution in [3.63, 3.8) is 0 Å². The lowest BCUT2D eigenvalue weighted by Crippen LogP contribution is -2.53. The van der Waals surface area contributed by atoms with Crippen LogP contribution in [-0.2, 0) is 24.7 Å². The quantitative estimate of drug-likeness (QED) is 0.668. The Balaban J connectivity index is 1.57. The standard InChI is InChI=1S/C21H24ClN3O4S/c1-30-9-7-14-15-16(19(27)25(18(15)26)10-11-4-3-8-29-11)21(24-14)12-5-2-6-13(22)17(12)23-20(21)28/h2,5-6,11,14-16,24H,3-4,7-10H2,1H3,(H,23,28)/t11-,14-,15-,16-,21-/m0/s1. The number of rotatable bonds is 5. The number of likely N-dealkylation sites (tertiary alicyclic amines) is 1. The highest BCUT2D eigenvalue weighted by Crippen LogP contribution is 2.54. The third kappa shape index (κ3) is 2.77. The Hall–Kier alpha value is -1.61. The van der Waals surface area contributed by atoms with Crippen LogP contribution in [0.4, 0.5) is 5.69 Å². The fourth-order valence-electron chi connectivity index (χ4n) is 5.52. The van der Waals surface area contributed by atoms with Crippen LogP contribution in [0.1, 0.15) is 24.8 Å². The second-order valence-corrected chi connectivity index (χ2v) is 9.78. The monoisotopic (exact) mass is 449 g/mol. The highest BCUT2D eigenvalue weighted by molar-refractivity contribution is 7.98. The molecule has 0 radical (unpaired) electrons. The van der Waals surface area contributed by atoms with Gasteiger partial charge in [-0.3, -0.25) is 24.6 Å². The molecule has 1 aromatic rings. The summed E-state index contributed by atoms with van der Waals surface area (Å²) in [5.41, 5.74) is -0.0908. The molecule has 5 atom stereocenters. The lowest BCUT2D eigenvalue weighted by molar-refractivity contribution is -0.144. The van der Waals surface area contributed by atoms with Gasteiger partial charge in [-0.05, 0) is 37.3 Å². The zero-order valence-electron chi connectivity index (χ0n) is 16.7. The summed E-state index contributed by atoms with van der Waals surface area (Å²) in [6.45, 7) is 0.921. The normalized spacial score (nSPS) is 34.7. The molecule has 5 rings (SSSR count). The zero-order valence-corrected chi connectivity index (χ0v) is 18.2. The number of imide groups is 1. The number of benzene rings is 1. The lowest BCUT2D eigenvalue weighted by Gasteiger charge is -2.30. The van der Waals surface area contributed by atoms with Gasteiger partial charge in [0.1, 0.15) is 5.54 Å². The average molecular weight is 450 g/mol. The highest BCUT2D eigenvalue weighted by Gasteiger charge is 2.70. The molecule has 1 spiro atoms. The molecule has 0 saturated carbocycles. The summed E-state index contributed by atoms with van der Waals surface area (Å²) in [5.74, 6) is -1.32. The molecule has 30 heavy (non-hydrogen) atoms. The number of carbonyl (C=O) groups is 3. The number of thioether (sulfide) groups is 1. The van der Waals surface area contributed by atoms with Gasteiger partial charge in [0.15, 0.2) is 0 Å². The molecule has 0 aliphatic carbocycles. The van der Waals surface area contributed by atoms with E-state index in [-0.39, 0.29) is 36.4 Å². The smallest absolute Gasteiger partial charge is 0.250 e. The Morgan fingerprint density at radius 1 is 1.30 bits per heavy atom. The summed E-state index contributed by atoms with van der Waals surface area (Å²) in [7, 11) is 0. The Bertz CT molecular complexity index is 922. The fraction of sp³-hybridized carbons (Fsp3) is 0.571. The number of anilines is 1. The number of ether oxygens (including phenoxy) is 1. The Morgan fingerprint density at radius 3 is 2.87 bits per heavy atom. The van der Waals surface area contributed by atoms with E-state index in [0.717, 1.165) is 18.6 Å². The van der Waals surface area contributed by atoms with Gasteiger partial charge in [-0.2, -0.15) is 11.8 Å². The second-order valence-electron chi connectivity index (χ2n) is 8.38. The van der Waals surface area contributed by atoms with Crippen molar-refractivity contribution < 1.29 is 19.1 Å². The van der Waals surface area contributed by atoms with Gasteiger partial charge in [0.2, 0.25) is 17.7 Å². The molecule has 4 aliphatic rings. The van der Waals surface area contributed by atoms with E-state index in [1.165, 1.54) is 4.90 Å². The number of hydrogen-bond acceptors (Lipinski definition) is 6. The van der Waals surface area contributed by atoms with Crippen molar-refractivity contribution in [3.05, 3.63) is 28.8 Å². The summed E-state index contributed by atoms with van der Waals surface area (Å²) in [6, 6.07) is 5.05. The fourth-order valence-corrected chi connectivity index (χ4v) is 6.23. The molecule has 1 aromatic carbocycles. The maximum absolute atomic E-state index is 13.6. The minimum atomic E-state index is -1.27. The first-order chi connectivity index (χ1) is 14.5. The van der Waals surface area contributed by atoms with Crippen LogP contribution >= 0.6 is 23.4 Å². The maximum Gasteiger partial charge on any atom is 0.250 e. The first kappa shape index (κ1) is 20.3. The molecule has 2 N–H and O–H groups in total. The zero-order chi connectivity index (χ0) is 21.0. The van der Waals surface area contributed by atoms with Crippen molar-refractivity contribution in [2.45, 2.75) is 36.9 Å². The minimum absolute atomic E-state index is 0.121. The predicted molar refractivity (Wildman–Crippen MR) is 114 cm³/mol. The van der Waals surface area contributed by atoms with Crippen molar-refractivity contribution in [1.29, 1.82) is 0 Å². The van der Waals surface area contributed by atoms with Crippen LogP contribution in [0.3, 0.4) is 0 Å². The van der Waals surface area contributed by atoms with E-state index in [2.05, 4.69) is 10.6 Å². The van der Waals surface area contributed by atoms with Crippen molar-refractivity contribution in [2.24, 2.45) is 11.8 Å². The molecule has 0 aromatic heterocycles. The molecular weight excluding hydrogens is 426 g/mol. The van der Waals surface area contributed by atoms with Crippen LogP contribution in [0.5, 0.6) is 0 Å². The topological polar surface area (TPSA) is 87.7 Å². The van der Waals surface area contributed by atoms with Crippen LogP contribution in [0, 0.1) is 11.8 Å². The Labute approximate surface area is 184 Å². The molecular formula is C21H24ClN3O4S. The molecule has 4 aliphatic heterocycles. The number of carbonyl (C=O) groups excluding carboxylic acids is 3. The van der Waals surface area contributed by atoms with Gasteiger partial charge < -0.3 is 10.1 Å². The summed E-state index contributed by atoms with van der Waals surface area (Å²) in [4.78, 5) is 41.7. The number of hydrogen-bond donors (Lipinski definition) is 2. The SMILES string of the molecule is CSCC[C@@H]1N[C@]2(C(=O)Nc3c(Cl)cccc32)[C@@H]2C(=O)N(C[C@@H]3CCCO3)C(=O)[C@@H]12. The third-order valence-corrected chi connectivity index (χ3v) is 7.79. The molecule has 9 heteroatoms. The van der Waals surface area contributed by atoms with Crippen molar-refractivity contribution in [1.82, 2.24) is 10.2 Å². The lowest BCUT2D eigenvalue weighted by atomic mass is 9.76. The van der Waals surface area contributed by atoms with Crippen molar-refractivity contribution in [2.75, 3.05) is 30.5 Å². The molecule has 3 amide bonds. The van der Waals surface area contributed by atoms with Gasteiger partial charge in [-0.1, -0.05) is 23.7 Å². The molecule has 3 saturated heterocycles. The first-order valence-corrected chi connectivity index (χ1v) is 12.1. The van der Waals surface area contributed by atoms with Crippen molar-refractivity contribution >= 4 is 46.8 Å². The van der Waals surface area contributed by atoms with Gasteiger partial charge in [-0.15, -0.1) is 0 Å². The van der Waals surface area contributed by atoms with E-state index in [1.54, 1.807) is 23.9 Å². The van der Waals surface area contributed by atoms with E-state index in [9.17, 15) is 14.4 Å². The summed E-state index contributed by atoms with van der Waals surface area (Å²) >= 11 is 8.02. The molecule has 3 fully saturated rings. The molecule has 4 heterocycles. The molecule has 0 bridgehead atoms. The number of nitrogens with zero attached hydrogens (tertiary/aromatic N) is 1. The number of para-hydroxylation sites is 1. The van der Waals surface area contributed by atoms with E-state index in [4.69, 9.17) is 16.3 Å². The average Bonchev–Trinajstić information content (AvgIpc) is 3.47. The van der Waals surface area contributed by atoms with Gasteiger partial charge in [0, 0.05) is 18.2 Å². The Kier molecular flexibility index (Phi) is 5.08. The number of nitrogens with one attached hydrogen (secondary N) is 2. The van der Waals surface area contributed by atoms with Gasteiger partial charge in [0.05, 0.1) is 35.2 Å². The number of halogens is 1. The molecule has 7 nitrogen and oxygen atoms in total. The first-order valence-electron chi connectivity index (χ1n) is 10.3. The van der Waals surface area contributed by atoms with E-state index >= 15 is 0 Å². The number of fused-ring (bicyclic) bond motifs is 4. The third-order valence-electron chi connectivity index (χ3n) is 6.83.